The van der Waals surface area contributed by atoms with Gasteiger partial charge in [0.15, 0.2) is 0 Å². The van der Waals surface area contributed by atoms with E-state index in [-0.39, 0.29) is 22.9 Å². The van der Waals surface area contributed by atoms with Crippen molar-refractivity contribution in [1.82, 2.24) is 15.3 Å². The Morgan fingerprint density at radius 1 is 1.24 bits per heavy atom. The number of aromatic nitrogens is 2. The van der Waals surface area contributed by atoms with Crippen LogP contribution in [0.5, 0.6) is 0 Å². The van der Waals surface area contributed by atoms with Gasteiger partial charge in [-0.25, -0.2) is 9.37 Å². The summed E-state index contributed by atoms with van der Waals surface area (Å²) in [6.45, 7) is 5.45. The van der Waals surface area contributed by atoms with Crippen molar-refractivity contribution >= 4 is 29.3 Å². The van der Waals surface area contributed by atoms with Gasteiger partial charge in [0.25, 0.3) is 0 Å². The molecule has 0 fully saturated rings. The van der Waals surface area contributed by atoms with E-state index in [0.717, 1.165) is 18.1 Å². The Bertz CT molecular complexity index is 721. The highest BCUT2D eigenvalue weighted by Crippen LogP contribution is 2.19. The molecule has 25 heavy (non-hydrogen) atoms. The Hall–Kier alpha value is -2.41. The molecule has 1 heterocycles. The maximum atomic E-state index is 13.7. The van der Waals surface area contributed by atoms with E-state index in [2.05, 4.69) is 25.9 Å². The first-order valence-corrected chi connectivity index (χ1v) is 8.40. The number of rotatable bonds is 8. The molecule has 134 valence electrons. The first kappa shape index (κ1) is 18.9. The van der Waals surface area contributed by atoms with E-state index in [1.807, 2.05) is 19.9 Å². The number of nitrogens with one attached hydrogen (secondary N) is 3. The summed E-state index contributed by atoms with van der Waals surface area (Å²) in [5, 5.41) is 9.14. The predicted molar refractivity (Wildman–Crippen MR) is 97.5 cm³/mol. The first-order valence-electron chi connectivity index (χ1n) is 8.02. The molecule has 0 aliphatic carbocycles. The molecule has 8 heteroatoms. The number of hydrogen-bond donors (Lipinski definition) is 3. The van der Waals surface area contributed by atoms with Crippen LogP contribution in [-0.2, 0) is 11.2 Å². The standard InChI is InChI=1S/C17H21ClFN5O/c1-3-20-15-9-11(2)23-17(24-15)22-8-7-21-16(25)10-12-13(18)5-4-6-14(12)19/h4-6,9H,3,7-8,10H2,1-2H3,(H,21,25)(H2,20,22,23,24). The van der Waals surface area contributed by atoms with Gasteiger partial charge in [-0.3, -0.25) is 4.79 Å². The van der Waals surface area contributed by atoms with E-state index in [0.29, 0.717) is 19.0 Å². The van der Waals surface area contributed by atoms with E-state index in [9.17, 15) is 9.18 Å². The van der Waals surface area contributed by atoms with Crippen molar-refractivity contribution in [2.45, 2.75) is 20.3 Å². The summed E-state index contributed by atoms with van der Waals surface area (Å²) in [5.41, 5.74) is 1.04. The number of benzene rings is 1. The maximum absolute atomic E-state index is 13.7. The minimum Gasteiger partial charge on any atom is -0.370 e. The topological polar surface area (TPSA) is 78.9 Å². The Kier molecular flexibility index (Phi) is 6.94. The third-order valence-corrected chi connectivity index (χ3v) is 3.70. The van der Waals surface area contributed by atoms with Crippen LogP contribution in [0.3, 0.4) is 0 Å². The predicted octanol–water partition coefficient (Wildman–Crippen LogP) is 2.78. The Labute approximate surface area is 151 Å². The zero-order valence-corrected chi connectivity index (χ0v) is 15.0. The van der Waals surface area contributed by atoms with Crippen LogP contribution in [0.1, 0.15) is 18.2 Å². The number of anilines is 2. The highest BCUT2D eigenvalue weighted by molar-refractivity contribution is 6.31. The van der Waals surface area contributed by atoms with Gasteiger partial charge >= 0.3 is 0 Å². The quantitative estimate of drug-likeness (QED) is 0.627. The highest BCUT2D eigenvalue weighted by Gasteiger charge is 2.11. The van der Waals surface area contributed by atoms with Crippen molar-refractivity contribution in [1.29, 1.82) is 0 Å². The number of aryl methyl sites for hydroxylation is 1. The summed E-state index contributed by atoms with van der Waals surface area (Å²) in [7, 11) is 0. The normalized spacial score (nSPS) is 10.4. The number of carbonyl (C=O) groups is 1. The Morgan fingerprint density at radius 3 is 2.76 bits per heavy atom. The molecule has 1 aromatic heterocycles. The molecular formula is C17H21ClFN5O. The zero-order valence-electron chi connectivity index (χ0n) is 14.2. The number of halogens is 2. The first-order chi connectivity index (χ1) is 12.0. The fourth-order valence-electron chi connectivity index (χ4n) is 2.22. The number of carbonyl (C=O) groups excluding carboxylic acids is 1. The summed E-state index contributed by atoms with van der Waals surface area (Å²) in [4.78, 5) is 20.5. The molecule has 0 saturated carbocycles. The van der Waals surface area contributed by atoms with Crippen molar-refractivity contribution in [3.8, 4) is 0 Å². The third kappa shape index (κ3) is 5.86. The monoisotopic (exact) mass is 365 g/mol. The average Bonchev–Trinajstić information content (AvgIpc) is 2.55. The molecule has 0 aliphatic heterocycles. The van der Waals surface area contributed by atoms with Gasteiger partial charge in [0.2, 0.25) is 11.9 Å². The summed E-state index contributed by atoms with van der Waals surface area (Å²) in [5.74, 6) is 0.454. The molecule has 1 amide bonds. The molecule has 2 rings (SSSR count). The number of nitrogens with zero attached hydrogens (tertiary/aromatic N) is 2. The molecule has 2 aromatic rings. The lowest BCUT2D eigenvalue weighted by Gasteiger charge is -2.10. The van der Waals surface area contributed by atoms with E-state index in [4.69, 9.17) is 11.6 Å². The third-order valence-electron chi connectivity index (χ3n) is 3.34. The minimum atomic E-state index is -0.482. The smallest absolute Gasteiger partial charge is 0.224 e. The molecule has 0 radical (unpaired) electrons. The average molecular weight is 366 g/mol. The van der Waals surface area contributed by atoms with Crippen LogP contribution in [0.4, 0.5) is 16.2 Å². The van der Waals surface area contributed by atoms with Gasteiger partial charge in [-0.2, -0.15) is 4.98 Å². The maximum Gasteiger partial charge on any atom is 0.224 e. The second kappa shape index (κ2) is 9.17. The van der Waals surface area contributed by atoms with E-state index >= 15 is 0 Å². The molecule has 0 unspecified atom stereocenters. The molecule has 0 spiro atoms. The molecule has 0 saturated heterocycles. The second-order valence-electron chi connectivity index (χ2n) is 5.40. The Balaban J connectivity index is 1.80. The van der Waals surface area contributed by atoms with E-state index in [1.165, 1.54) is 12.1 Å². The fourth-order valence-corrected chi connectivity index (χ4v) is 2.45. The summed E-state index contributed by atoms with van der Waals surface area (Å²) < 4.78 is 13.7. The van der Waals surface area contributed by atoms with Gasteiger partial charge in [0.1, 0.15) is 11.6 Å². The molecule has 0 atom stereocenters. The number of amides is 1. The van der Waals surface area contributed by atoms with E-state index < -0.39 is 5.82 Å². The van der Waals surface area contributed by atoms with Crippen molar-refractivity contribution in [2.24, 2.45) is 0 Å². The lowest BCUT2D eigenvalue weighted by atomic mass is 10.1. The van der Waals surface area contributed by atoms with Crippen LogP contribution >= 0.6 is 11.6 Å². The van der Waals surface area contributed by atoms with Gasteiger partial charge in [-0.1, -0.05) is 17.7 Å². The van der Waals surface area contributed by atoms with Crippen molar-refractivity contribution in [3.63, 3.8) is 0 Å². The van der Waals surface area contributed by atoms with Crippen molar-refractivity contribution in [2.75, 3.05) is 30.3 Å². The molecule has 0 bridgehead atoms. The minimum absolute atomic E-state index is 0.100. The van der Waals surface area contributed by atoms with Crippen LogP contribution in [-0.4, -0.2) is 35.5 Å². The molecule has 6 nitrogen and oxygen atoms in total. The largest absolute Gasteiger partial charge is 0.370 e. The van der Waals surface area contributed by atoms with Crippen LogP contribution in [0, 0.1) is 12.7 Å². The molecule has 1 aromatic carbocycles. The van der Waals surface area contributed by atoms with Gasteiger partial charge in [0, 0.05) is 42.0 Å². The Morgan fingerprint density at radius 2 is 2.04 bits per heavy atom. The van der Waals surface area contributed by atoms with Gasteiger partial charge in [-0.05, 0) is 26.0 Å². The van der Waals surface area contributed by atoms with Gasteiger partial charge in [-0.15, -0.1) is 0 Å². The summed E-state index contributed by atoms with van der Waals surface area (Å²) in [6.07, 6.45) is -0.100. The number of hydrogen-bond acceptors (Lipinski definition) is 5. The van der Waals surface area contributed by atoms with Gasteiger partial charge in [0.05, 0.1) is 6.42 Å². The van der Waals surface area contributed by atoms with Crippen molar-refractivity contribution in [3.05, 3.63) is 46.4 Å². The molecule has 0 aliphatic rings. The van der Waals surface area contributed by atoms with Crippen molar-refractivity contribution < 1.29 is 9.18 Å². The SMILES string of the molecule is CCNc1cc(C)nc(NCCNC(=O)Cc2c(F)cccc2Cl)n1. The van der Waals surface area contributed by atoms with Gasteiger partial charge < -0.3 is 16.0 Å². The van der Waals surface area contributed by atoms with Crippen LogP contribution in [0.25, 0.3) is 0 Å². The van der Waals surface area contributed by atoms with Crippen LogP contribution in [0.2, 0.25) is 5.02 Å². The van der Waals surface area contributed by atoms with Crippen LogP contribution in [0.15, 0.2) is 24.3 Å². The lowest BCUT2D eigenvalue weighted by molar-refractivity contribution is -0.120. The second-order valence-corrected chi connectivity index (χ2v) is 5.81. The summed E-state index contributed by atoms with van der Waals surface area (Å²) >= 11 is 5.92. The highest BCUT2D eigenvalue weighted by atomic mass is 35.5. The molecular weight excluding hydrogens is 345 g/mol. The zero-order chi connectivity index (χ0) is 18.2. The summed E-state index contributed by atoms with van der Waals surface area (Å²) in [6, 6.07) is 6.21. The van der Waals surface area contributed by atoms with E-state index in [1.54, 1.807) is 6.07 Å². The molecule has 3 N–H and O–H groups in total. The lowest BCUT2D eigenvalue weighted by Crippen LogP contribution is -2.30. The fraction of sp³-hybridized carbons (Fsp3) is 0.353. The van der Waals surface area contributed by atoms with Crippen LogP contribution < -0.4 is 16.0 Å².